The van der Waals surface area contributed by atoms with E-state index in [-0.39, 0.29) is 51.4 Å². The zero-order chi connectivity index (χ0) is 19.9. The van der Waals surface area contributed by atoms with E-state index < -0.39 is 0 Å². The summed E-state index contributed by atoms with van der Waals surface area (Å²) in [6, 6.07) is 8.93. The predicted octanol–water partition coefficient (Wildman–Crippen LogP) is 0.865. The van der Waals surface area contributed by atoms with E-state index in [4.69, 9.17) is 19.7 Å². The predicted molar refractivity (Wildman–Crippen MR) is 104 cm³/mol. The zero-order valence-electron chi connectivity index (χ0n) is 15.5. The molecule has 150 valence electrons. The minimum atomic E-state index is -0.348. The van der Waals surface area contributed by atoms with E-state index in [1.54, 1.807) is 18.2 Å². The van der Waals surface area contributed by atoms with Crippen LogP contribution in [0.4, 0.5) is 5.69 Å². The van der Waals surface area contributed by atoms with Crippen LogP contribution >= 0.6 is 0 Å². The van der Waals surface area contributed by atoms with Crippen molar-refractivity contribution in [3.8, 4) is 0 Å². The van der Waals surface area contributed by atoms with Crippen molar-refractivity contribution in [2.24, 2.45) is 0 Å². The molecule has 0 atom stereocenters. The van der Waals surface area contributed by atoms with Crippen LogP contribution in [0.25, 0.3) is 10.8 Å². The molecule has 1 aliphatic heterocycles. The van der Waals surface area contributed by atoms with Gasteiger partial charge in [-0.25, -0.2) is 0 Å². The summed E-state index contributed by atoms with van der Waals surface area (Å²) in [7, 11) is 0. The summed E-state index contributed by atoms with van der Waals surface area (Å²) in [5.74, 6) is -0.696. The monoisotopic (exact) mass is 388 g/mol. The van der Waals surface area contributed by atoms with Gasteiger partial charge in [-0.1, -0.05) is 12.1 Å². The Labute approximate surface area is 162 Å². The van der Waals surface area contributed by atoms with Gasteiger partial charge in [-0.05, 0) is 18.2 Å². The normalized spacial score (nSPS) is 13.4. The average Bonchev–Trinajstić information content (AvgIpc) is 2.71. The van der Waals surface area contributed by atoms with Gasteiger partial charge in [0.25, 0.3) is 11.8 Å². The Bertz CT molecular complexity index is 832. The van der Waals surface area contributed by atoms with Crippen LogP contribution in [0.2, 0.25) is 0 Å². The summed E-state index contributed by atoms with van der Waals surface area (Å²) in [4.78, 5) is 26.9. The minimum absolute atomic E-state index is 0.0211. The highest BCUT2D eigenvalue weighted by molar-refractivity contribution is 6.26. The van der Waals surface area contributed by atoms with Crippen LogP contribution in [0.15, 0.2) is 30.3 Å². The van der Waals surface area contributed by atoms with E-state index in [0.717, 1.165) is 11.1 Å². The maximum Gasteiger partial charge on any atom is 0.261 e. The molecule has 8 heteroatoms. The molecule has 8 nitrogen and oxygen atoms in total. The lowest BCUT2D eigenvalue weighted by molar-refractivity contribution is 0.0478. The lowest BCUT2D eigenvalue weighted by atomic mass is 9.93. The Morgan fingerprint density at radius 2 is 1.54 bits per heavy atom. The van der Waals surface area contributed by atoms with Crippen LogP contribution in [-0.4, -0.2) is 79.7 Å². The molecule has 0 saturated carbocycles. The fraction of sp³-hybridized carbons (Fsp3) is 0.400. The Hall–Kier alpha value is -2.52. The van der Waals surface area contributed by atoms with Gasteiger partial charge in [0, 0.05) is 34.1 Å². The maximum absolute atomic E-state index is 12.9. The van der Waals surface area contributed by atoms with Crippen molar-refractivity contribution in [1.29, 1.82) is 0 Å². The topological polar surface area (TPSA) is 108 Å². The second-order valence-corrected chi connectivity index (χ2v) is 6.25. The Morgan fingerprint density at radius 3 is 2.25 bits per heavy atom. The highest BCUT2D eigenvalue weighted by Gasteiger charge is 2.32. The molecule has 3 rings (SSSR count). The molecule has 28 heavy (non-hydrogen) atoms. The maximum atomic E-state index is 12.9. The van der Waals surface area contributed by atoms with E-state index in [0.29, 0.717) is 29.7 Å². The summed E-state index contributed by atoms with van der Waals surface area (Å²) in [5.41, 5.74) is 1.78. The number of hydrogen-bond acceptors (Lipinski definition) is 7. The van der Waals surface area contributed by atoms with Gasteiger partial charge in [0.05, 0.1) is 46.2 Å². The largest absolute Gasteiger partial charge is 0.394 e. The first-order valence-electron chi connectivity index (χ1n) is 9.22. The van der Waals surface area contributed by atoms with E-state index in [2.05, 4.69) is 5.32 Å². The Kier molecular flexibility index (Phi) is 6.94. The SMILES string of the molecule is O=C1c2cccc3c(NCCOCCO)ccc(c23)C(=O)N1CCOCCO. The van der Waals surface area contributed by atoms with Crippen LogP contribution in [0, 0.1) is 0 Å². The number of carbonyl (C=O) groups is 2. The summed E-state index contributed by atoms with van der Waals surface area (Å²) in [5, 5.41) is 22.2. The van der Waals surface area contributed by atoms with E-state index >= 15 is 0 Å². The number of carbonyl (C=O) groups excluding carboxylic acids is 2. The highest BCUT2D eigenvalue weighted by Crippen LogP contribution is 2.34. The van der Waals surface area contributed by atoms with Crippen molar-refractivity contribution in [2.75, 3.05) is 58.0 Å². The quantitative estimate of drug-likeness (QED) is 0.387. The summed E-state index contributed by atoms with van der Waals surface area (Å²) >= 11 is 0. The van der Waals surface area contributed by atoms with Crippen LogP contribution in [0.1, 0.15) is 20.7 Å². The van der Waals surface area contributed by atoms with Gasteiger partial charge in [-0.15, -0.1) is 0 Å². The number of aliphatic hydroxyl groups is 2. The van der Waals surface area contributed by atoms with Crippen molar-refractivity contribution in [3.05, 3.63) is 41.5 Å². The lowest BCUT2D eigenvalue weighted by Crippen LogP contribution is -2.42. The van der Waals surface area contributed by atoms with Gasteiger partial charge in [-0.2, -0.15) is 0 Å². The number of nitrogens with one attached hydrogen (secondary N) is 1. The first kappa shape index (κ1) is 20.2. The molecule has 1 heterocycles. The van der Waals surface area contributed by atoms with E-state index in [9.17, 15) is 9.59 Å². The number of anilines is 1. The van der Waals surface area contributed by atoms with Crippen molar-refractivity contribution in [2.45, 2.75) is 0 Å². The zero-order valence-corrected chi connectivity index (χ0v) is 15.5. The smallest absolute Gasteiger partial charge is 0.261 e. The number of ether oxygens (including phenoxy) is 2. The fourth-order valence-corrected chi connectivity index (χ4v) is 3.25. The van der Waals surface area contributed by atoms with Crippen LogP contribution in [0.3, 0.4) is 0 Å². The molecule has 2 aromatic rings. The van der Waals surface area contributed by atoms with Gasteiger partial charge in [0.1, 0.15) is 0 Å². The highest BCUT2D eigenvalue weighted by atomic mass is 16.5. The number of amides is 2. The summed E-state index contributed by atoms with van der Waals surface area (Å²) in [6.07, 6.45) is 0. The molecule has 0 bridgehead atoms. The third-order valence-corrected chi connectivity index (χ3v) is 4.48. The molecule has 0 aliphatic carbocycles. The molecule has 0 spiro atoms. The van der Waals surface area contributed by atoms with E-state index in [1.807, 2.05) is 12.1 Å². The van der Waals surface area contributed by atoms with Crippen molar-refractivity contribution in [1.82, 2.24) is 4.90 Å². The van der Waals surface area contributed by atoms with Crippen molar-refractivity contribution < 1.29 is 29.3 Å². The second kappa shape index (κ2) is 9.61. The summed E-state index contributed by atoms with van der Waals surface area (Å²) in [6.45, 7) is 1.60. The fourth-order valence-electron chi connectivity index (χ4n) is 3.25. The number of hydrogen-bond donors (Lipinski definition) is 3. The molecule has 0 radical (unpaired) electrons. The third-order valence-electron chi connectivity index (χ3n) is 4.48. The van der Waals surface area contributed by atoms with E-state index in [1.165, 1.54) is 4.90 Å². The number of aliphatic hydroxyl groups excluding tert-OH is 2. The number of nitrogens with zero attached hydrogens (tertiary/aromatic N) is 1. The molecule has 0 unspecified atom stereocenters. The summed E-state index contributed by atoms with van der Waals surface area (Å²) < 4.78 is 10.4. The Balaban J connectivity index is 1.83. The lowest BCUT2D eigenvalue weighted by Gasteiger charge is -2.27. The molecule has 3 N–H and O–H groups in total. The number of imide groups is 1. The molecule has 0 fully saturated rings. The van der Waals surface area contributed by atoms with Gasteiger partial charge in [0.15, 0.2) is 0 Å². The second-order valence-electron chi connectivity index (χ2n) is 6.25. The molecule has 0 aromatic heterocycles. The van der Waals surface area contributed by atoms with Crippen molar-refractivity contribution in [3.63, 3.8) is 0 Å². The van der Waals surface area contributed by atoms with Gasteiger partial charge >= 0.3 is 0 Å². The van der Waals surface area contributed by atoms with Crippen LogP contribution in [0.5, 0.6) is 0 Å². The van der Waals surface area contributed by atoms with Gasteiger partial charge < -0.3 is 25.0 Å². The minimum Gasteiger partial charge on any atom is -0.394 e. The Morgan fingerprint density at radius 1 is 0.857 bits per heavy atom. The number of benzene rings is 2. The van der Waals surface area contributed by atoms with Gasteiger partial charge in [-0.3, -0.25) is 14.5 Å². The van der Waals surface area contributed by atoms with Gasteiger partial charge in [0.2, 0.25) is 0 Å². The average molecular weight is 388 g/mol. The molecular formula is C20H24N2O6. The van der Waals surface area contributed by atoms with Crippen LogP contribution in [-0.2, 0) is 9.47 Å². The molecule has 1 aliphatic rings. The van der Waals surface area contributed by atoms with Crippen LogP contribution < -0.4 is 5.32 Å². The first-order valence-corrected chi connectivity index (χ1v) is 9.22. The molecule has 2 amide bonds. The number of rotatable bonds is 11. The van der Waals surface area contributed by atoms with Crippen molar-refractivity contribution >= 4 is 28.3 Å². The molecule has 2 aromatic carbocycles. The first-order chi connectivity index (χ1) is 13.7. The standard InChI is InChI=1S/C20H24N2O6/c23-8-12-27-10-6-21-17-5-4-16-18-14(17)2-1-3-15(18)19(25)22(20(16)26)7-11-28-13-9-24/h1-5,21,23-24H,6-13H2. The molecule has 0 saturated heterocycles. The third kappa shape index (κ3) is 4.15. The molecular weight excluding hydrogens is 364 g/mol.